The number of hydrogen-bond donors (Lipinski definition) is 0. The molecule has 5 aromatic rings. The van der Waals surface area contributed by atoms with Crippen molar-refractivity contribution in [2.45, 2.75) is 111 Å². The second-order valence-electron chi connectivity index (χ2n) is 20.4. The minimum absolute atomic E-state index is 0.0533. The number of non-ortho nitro benzene ring substituents is 1. The number of nitro benzene ring substituents is 1. The summed E-state index contributed by atoms with van der Waals surface area (Å²) in [4.78, 5) is 81.7. The molecule has 2 fully saturated rings. The Balaban J connectivity index is 1.07. The third kappa shape index (κ3) is 10.3. The van der Waals surface area contributed by atoms with Crippen LogP contribution in [0.4, 0.5) is 17.1 Å². The molecule has 0 radical (unpaired) electrons. The molecule has 9 rings (SSSR count). The summed E-state index contributed by atoms with van der Waals surface area (Å²) < 4.78 is 43.2. The van der Waals surface area contributed by atoms with Crippen molar-refractivity contribution in [3.05, 3.63) is 111 Å². The van der Waals surface area contributed by atoms with Crippen LogP contribution in [0, 0.1) is 33.8 Å². The van der Waals surface area contributed by atoms with E-state index >= 15 is 9.59 Å². The van der Waals surface area contributed by atoms with Gasteiger partial charge < -0.3 is 43.0 Å². The number of halogens is 2. The summed E-state index contributed by atoms with van der Waals surface area (Å²) in [7, 11) is 0. The van der Waals surface area contributed by atoms with Gasteiger partial charge in [-0.2, -0.15) is 0 Å². The van der Waals surface area contributed by atoms with Crippen LogP contribution in [0.15, 0.2) is 78.9 Å². The van der Waals surface area contributed by atoms with Crippen LogP contribution in [0.3, 0.4) is 0 Å². The monoisotopic (exact) mass is 1080 g/mol. The van der Waals surface area contributed by atoms with Gasteiger partial charge in [0.15, 0.2) is 6.10 Å². The number of benzene rings is 5. The lowest BCUT2D eigenvalue weighted by molar-refractivity contribution is -0.384. The summed E-state index contributed by atoms with van der Waals surface area (Å²) >= 11 is 13.4. The molecule has 2 amide bonds. The number of fused-ring (bicyclic) bond motifs is 6. The molecule has 0 saturated carbocycles. The third-order valence-electron chi connectivity index (χ3n) is 15.6. The van der Waals surface area contributed by atoms with Crippen LogP contribution >= 0.6 is 23.2 Å². The molecule has 2 saturated heterocycles. The van der Waals surface area contributed by atoms with E-state index < -0.39 is 83.2 Å². The molecule has 12 atom stereocenters. The first-order chi connectivity index (χ1) is 36.3. The molecule has 5 aromatic carbocycles. The summed E-state index contributed by atoms with van der Waals surface area (Å²) in [5, 5.41) is 15.7. The van der Waals surface area contributed by atoms with Crippen molar-refractivity contribution in [2.75, 3.05) is 41.3 Å². The topological polar surface area (TPSA) is 200 Å². The van der Waals surface area contributed by atoms with Gasteiger partial charge in [0, 0.05) is 110 Å². The number of rotatable bonds is 14. The summed E-state index contributed by atoms with van der Waals surface area (Å²) in [5.74, 6) is -3.02. The van der Waals surface area contributed by atoms with Gasteiger partial charge in [-0.15, -0.1) is 23.2 Å². The van der Waals surface area contributed by atoms with Gasteiger partial charge in [-0.25, -0.2) is 0 Å². The number of anilines is 2. The highest BCUT2D eigenvalue weighted by Crippen LogP contribution is 2.50. The van der Waals surface area contributed by atoms with Gasteiger partial charge in [0.1, 0.15) is 30.3 Å². The normalized spacial score (nSPS) is 26.9. The second kappa shape index (κ2) is 22.2. The van der Waals surface area contributed by atoms with Crippen LogP contribution in [-0.4, -0.2) is 103 Å². The van der Waals surface area contributed by atoms with E-state index in [9.17, 15) is 24.5 Å². The number of esters is 3. The number of carbonyl (C=O) groups excluding carboxylic acids is 5. The predicted molar refractivity (Wildman–Crippen MR) is 285 cm³/mol. The molecule has 17 nitrogen and oxygen atoms in total. The molecule has 19 heteroatoms. The third-order valence-corrected chi connectivity index (χ3v) is 16.4. The zero-order chi connectivity index (χ0) is 54.4. The lowest BCUT2D eigenvalue weighted by Gasteiger charge is -2.44. The van der Waals surface area contributed by atoms with Crippen molar-refractivity contribution < 1.29 is 62.1 Å². The number of hydrogen-bond acceptors (Lipinski definition) is 14. The van der Waals surface area contributed by atoms with Crippen molar-refractivity contribution in [3.63, 3.8) is 0 Å². The molecular formula is C57H61Cl2N3O14. The summed E-state index contributed by atoms with van der Waals surface area (Å²) in [6, 6.07) is 22.3. The van der Waals surface area contributed by atoms with Crippen molar-refractivity contribution in [2.24, 2.45) is 23.7 Å². The maximum absolute atomic E-state index is 15.1. The van der Waals surface area contributed by atoms with Crippen LogP contribution in [0.2, 0.25) is 0 Å². The Bertz CT molecular complexity index is 3120. The Morgan fingerprint density at radius 3 is 1.53 bits per heavy atom. The summed E-state index contributed by atoms with van der Waals surface area (Å²) in [5.41, 5.74) is 1.79. The Morgan fingerprint density at radius 1 is 0.618 bits per heavy atom. The lowest BCUT2D eigenvalue weighted by Crippen LogP contribution is -2.57. The molecule has 0 aliphatic carbocycles. The first-order valence-corrected chi connectivity index (χ1v) is 26.7. The van der Waals surface area contributed by atoms with Gasteiger partial charge in [-0.1, -0.05) is 83.1 Å². The van der Waals surface area contributed by atoms with Crippen LogP contribution in [0.5, 0.6) is 11.5 Å². The van der Waals surface area contributed by atoms with Crippen molar-refractivity contribution >= 4 is 91.5 Å². The summed E-state index contributed by atoms with van der Waals surface area (Å²) in [6.45, 7) is 14.0. The highest BCUT2D eigenvalue weighted by molar-refractivity contribution is 6.20. The van der Waals surface area contributed by atoms with E-state index in [1.54, 1.807) is 19.1 Å². The van der Waals surface area contributed by atoms with Crippen molar-refractivity contribution in [3.8, 4) is 11.5 Å². The largest absolute Gasteiger partial charge is 0.464 e. The smallest absolute Gasteiger partial charge is 0.303 e. The number of nitro groups is 1. The number of amides is 2. The molecule has 0 bridgehead atoms. The van der Waals surface area contributed by atoms with E-state index in [1.165, 1.54) is 36.6 Å². The summed E-state index contributed by atoms with van der Waals surface area (Å²) in [6.07, 6.45) is -4.32. The van der Waals surface area contributed by atoms with Gasteiger partial charge in [0.05, 0.1) is 28.3 Å². The fourth-order valence-corrected chi connectivity index (χ4v) is 11.9. The molecule has 4 aliphatic heterocycles. The first-order valence-electron chi connectivity index (χ1n) is 25.6. The van der Waals surface area contributed by atoms with Gasteiger partial charge in [0.2, 0.25) is 12.6 Å². The molecule has 0 spiro atoms. The Kier molecular flexibility index (Phi) is 15.9. The minimum atomic E-state index is -1.01. The van der Waals surface area contributed by atoms with Gasteiger partial charge in [-0.3, -0.25) is 34.1 Å². The molecule has 0 aromatic heterocycles. The van der Waals surface area contributed by atoms with Gasteiger partial charge in [-0.05, 0) is 46.2 Å². The zero-order valence-corrected chi connectivity index (χ0v) is 45.0. The van der Waals surface area contributed by atoms with Gasteiger partial charge >= 0.3 is 17.9 Å². The Hall–Kier alpha value is -6.53. The van der Waals surface area contributed by atoms with E-state index in [-0.39, 0.29) is 72.2 Å². The van der Waals surface area contributed by atoms with Crippen LogP contribution < -0.4 is 19.3 Å². The van der Waals surface area contributed by atoms with E-state index in [4.69, 9.17) is 56.4 Å². The highest BCUT2D eigenvalue weighted by Gasteiger charge is 2.49. The van der Waals surface area contributed by atoms with Gasteiger partial charge in [0.25, 0.3) is 17.5 Å². The SMILES string of the molecule is CCC1OC(Oc2cc3c(c4ccccc24)[C@H](CCl)CN3C(=O)c2cc(C(=O)N3C[C@@H](CCl)c4c3cc(OC3OC(COC(C)=O)C(C)C(C)C3C)c3ccccc43)cc([N+](=O)[O-])c2)C(C)C(OC(C)=O)C1OC(C)=O. The van der Waals surface area contributed by atoms with Crippen molar-refractivity contribution in [1.29, 1.82) is 0 Å². The maximum Gasteiger partial charge on any atom is 0.303 e. The fourth-order valence-electron chi connectivity index (χ4n) is 11.4. The molecule has 76 heavy (non-hydrogen) atoms. The molecule has 10 unspecified atom stereocenters. The average Bonchev–Trinajstić information content (AvgIpc) is 3.98. The molecule has 4 heterocycles. The number of nitrogens with zero attached hydrogens (tertiary/aromatic N) is 3. The Morgan fingerprint density at radius 2 is 1.08 bits per heavy atom. The molecule has 0 N–H and O–H groups in total. The van der Waals surface area contributed by atoms with Crippen molar-refractivity contribution in [1.82, 2.24) is 0 Å². The van der Waals surface area contributed by atoms with E-state index in [0.29, 0.717) is 34.7 Å². The molecular weight excluding hydrogens is 1020 g/mol. The molecule has 4 aliphatic rings. The van der Waals surface area contributed by atoms with E-state index in [2.05, 4.69) is 13.8 Å². The second-order valence-corrected chi connectivity index (χ2v) is 21.0. The average molecular weight is 1080 g/mol. The highest BCUT2D eigenvalue weighted by atomic mass is 35.5. The van der Waals surface area contributed by atoms with Crippen LogP contribution in [0.1, 0.15) is 105 Å². The van der Waals surface area contributed by atoms with Crippen LogP contribution in [0.25, 0.3) is 21.5 Å². The first kappa shape index (κ1) is 54.3. The van der Waals surface area contributed by atoms with E-state index in [1.807, 2.05) is 62.4 Å². The number of ether oxygens (including phenoxy) is 7. The molecule has 402 valence electrons. The lowest BCUT2D eigenvalue weighted by atomic mass is 9.79. The fraction of sp³-hybridized carbons (Fsp3) is 0.456. The van der Waals surface area contributed by atoms with E-state index in [0.717, 1.165) is 39.4 Å². The quantitative estimate of drug-likeness (QED) is 0.0334. The maximum atomic E-state index is 15.1. The van der Waals surface area contributed by atoms with Crippen LogP contribution in [-0.2, 0) is 38.1 Å². The minimum Gasteiger partial charge on any atom is -0.464 e. The zero-order valence-electron chi connectivity index (χ0n) is 43.5. The number of alkyl halides is 2. The standard InChI is InChI=1S/C57H61Cl2N3O14/c1-9-46-53(72-34(8)65)52(71-33(7)64)31(5)57(73-46)75-48-22-45-51(43-17-13-11-15-41(43)48)38(24-59)26-61(45)55(67)36-18-35(19-39(20-36)62(68)69)54(66)60-25-37(23-58)50-42-16-12-10-14-40(42)47(21-44(50)60)74-56-30(4)28(2)29(3)49(76-56)27-70-32(6)63/h10-22,28-31,37-38,46,49,52-53,56-57H,9,23-27H2,1-8H3/t28?,29?,30?,31?,37-,38-,46?,49?,52?,53?,56?,57?/m1/s1. The predicted octanol–water partition coefficient (Wildman–Crippen LogP) is 10.5. The number of carbonyl (C=O) groups is 5. The Labute approximate surface area is 450 Å².